The van der Waals surface area contributed by atoms with Gasteiger partial charge in [0.15, 0.2) is 0 Å². The number of para-hydroxylation sites is 2. The maximum atomic E-state index is 5.76. The minimum Gasteiger partial charge on any atom is -0.495 e. The lowest BCUT2D eigenvalue weighted by molar-refractivity contribution is -0.0931. The lowest BCUT2D eigenvalue weighted by Gasteiger charge is -2.49. The molecule has 1 atom stereocenters. The molecule has 0 N–H and O–H groups in total. The summed E-state index contributed by atoms with van der Waals surface area (Å²) < 4.78 is 16.8. The van der Waals surface area contributed by atoms with Crippen LogP contribution in [-0.2, 0) is 9.47 Å². The number of piperazine rings is 1. The molecule has 2 heterocycles. The van der Waals surface area contributed by atoms with Gasteiger partial charge in [0.05, 0.1) is 38.7 Å². The van der Waals surface area contributed by atoms with Crippen LogP contribution in [0.1, 0.15) is 20.3 Å². The van der Waals surface area contributed by atoms with Gasteiger partial charge in [-0.3, -0.25) is 4.90 Å². The van der Waals surface area contributed by atoms with Crippen molar-refractivity contribution in [1.29, 1.82) is 0 Å². The Hall–Kier alpha value is -1.30. The molecule has 134 valence electrons. The lowest BCUT2D eigenvalue weighted by atomic mass is 9.97. The fraction of sp³-hybridized carbons (Fsp3) is 0.684. The summed E-state index contributed by atoms with van der Waals surface area (Å²) in [6.45, 7) is 11.0. The van der Waals surface area contributed by atoms with Gasteiger partial charge in [-0.15, -0.1) is 0 Å². The van der Waals surface area contributed by atoms with Crippen LogP contribution >= 0.6 is 0 Å². The molecule has 1 unspecified atom stereocenters. The van der Waals surface area contributed by atoms with Crippen LogP contribution in [-0.4, -0.2) is 69.7 Å². The molecule has 1 aromatic rings. The average Bonchev–Trinajstić information content (AvgIpc) is 2.60. The zero-order valence-corrected chi connectivity index (χ0v) is 15.2. The second-order valence-electron chi connectivity index (χ2n) is 7.27. The molecule has 0 bridgehead atoms. The smallest absolute Gasteiger partial charge is 0.142 e. The van der Waals surface area contributed by atoms with Crippen molar-refractivity contribution in [2.45, 2.75) is 31.9 Å². The van der Waals surface area contributed by atoms with Gasteiger partial charge in [-0.05, 0) is 32.4 Å². The summed E-state index contributed by atoms with van der Waals surface area (Å²) in [5, 5.41) is 0. The second kappa shape index (κ2) is 7.72. The Kier molecular flexibility index (Phi) is 5.64. The van der Waals surface area contributed by atoms with Gasteiger partial charge < -0.3 is 19.1 Å². The van der Waals surface area contributed by atoms with Gasteiger partial charge in [0.2, 0.25) is 0 Å². The molecule has 2 aliphatic heterocycles. The minimum absolute atomic E-state index is 0.0663. The van der Waals surface area contributed by atoms with E-state index < -0.39 is 0 Å². The monoisotopic (exact) mass is 334 g/mol. The fourth-order valence-corrected chi connectivity index (χ4v) is 3.78. The maximum Gasteiger partial charge on any atom is 0.142 e. The van der Waals surface area contributed by atoms with E-state index >= 15 is 0 Å². The number of hydrogen-bond acceptors (Lipinski definition) is 5. The van der Waals surface area contributed by atoms with Crippen LogP contribution in [0.2, 0.25) is 0 Å². The van der Waals surface area contributed by atoms with Crippen molar-refractivity contribution in [2.24, 2.45) is 0 Å². The van der Waals surface area contributed by atoms with Crippen molar-refractivity contribution in [3.05, 3.63) is 24.3 Å². The van der Waals surface area contributed by atoms with E-state index in [1.807, 2.05) is 12.1 Å². The van der Waals surface area contributed by atoms with Crippen molar-refractivity contribution in [1.82, 2.24) is 4.90 Å². The topological polar surface area (TPSA) is 34.2 Å². The van der Waals surface area contributed by atoms with Crippen LogP contribution in [0.15, 0.2) is 24.3 Å². The standard InChI is InChI=1S/C19H30N2O3/c1-19(2)15-20(9-8-16-14-23-12-13-24-16)10-11-21(19)17-6-4-5-7-18(17)22-3/h4-7,16H,8-15H2,1-3H3. The lowest BCUT2D eigenvalue weighted by Crippen LogP contribution is -2.59. The molecule has 5 nitrogen and oxygen atoms in total. The van der Waals surface area contributed by atoms with E-state index in [-0.39, 0.29) is 11.6 Å². The van der Waals surface area contributed by atoms with Gasteiger partial charge in [0.25, 0.3) is 0 Å². The van der Waals surface area contributed by atoms with Crippen LogP contribution in [0.5, 0.6) is 5.75 Å². The summed E-state index contributed by atoms with van der Waals surface area (Å²) in [5.74, 6) is 0.951. The van der Waals surface area contributed by atoms with E-state index in [2.05, 4.69) is 35.8 Å². The first-order valence-electron chi connectivity index (χ1n) is 8.92. The number of methoxy groups -OCH3 is 1. The number of ether oxygens (including phenoxy) is 3. The predicted molar refractivity (Wildman–Crippen MR) is 96.0 cm³/mol. The molecule has 0 amide bonds. The van der Waals surface area contributed by atoms with E-state index in [0.29, 0.717) is 0 Å². The SMILES string of the molecule is COc1ccccc1N1CCN(CCC2COCCO2)CC1(C)C. The van der Waals surface area contributed by atoms with Crippen molar-refractivity contribution >= 4 is 5.69 Å². The summed E-state index contributed by atoms with van der Waals surface area (Å²) in [6.07, 6.45) is 1.30. The molecular weight excluding hydrogens is 304 g/mol. The molecule has 0 spiro atoms. The molecule has 2 aliphatic rings. The number of benzene rings is 1. The van der Waals surface area contributed by atoms with Crippen LogP contribution in [0.3, 0.4) is 0 Å². The van der Waals surface area contributed by atoms with E-state index in [1.165, 1.54) is 5.69 Å². The summed E-state index contributed by atoms with van der Waals surface area (Å²) in [5.41, 5.74) is 1.25. The first-order valence-corrected chi connectivity index (χ1v) is 8.92. The summed E-state index contributed by atoms with van der Waals surface area (Å²) in [7, 11) is 1.74. The third-order valence-corrected chi connectivity index (χ3v) is 5.01. The molecule has 0 aromatic heterocycles. The highest BCUT2D eigenvalue weighted by Crippen LogP contribution is 2.34. The summed E-state index contributed by atoms with van der Waals surface area (Å²) >= 11 is 0. The van der Waals surface area contributed by atoms with Gasteiger partial charge in [-0.25, -0.2) is 0 Å². The fourth-order valence-electron chi connectivity index (χ4n) is 3.78. The largest absolute Gasteiger partial charge is 0.495 e. The van der Waals surface area contributed by atoms with Crippen LogP contribution in [0, 0.1) is 0 Å². The zero-order chi connectivity index (χ0) is 17.0. The van der Waals surface area contributed by atoms with Crippen molar-refractivity contribution in [2.75, 3.05) is 58.0 Å². The highest BCUT2D eigenvalue weighted by molar-refractivity contribution is 5.60. The summed E-state index contributed by atoms with van der Waals surface area (Å²) in [4.78, 5) is 5.02. The maximum absolute atomic E-state index is 5.76. The Balaban J connectivity index is 1.60. The Morgan fingerprint density at radius 2 is 2.04 bits per heavy atom. The van der Waals surface area contributed by atoms with Crippen LogP contribution < -0.4 is 9.64 Å². The molecule has 0 radical (unpaired) electrons. The number of nitrogens with zero attached hydrogens (tertiary/aromatic N) is 2. The van der Waals surface area contributed by atoms with E-state index in [0.717, 1.165) is 58.2 Å². The molecule has 0 aliphatic carbocycles. The van der Waals surface area contributed by atoms with Crippen molar-refractivity contribution in [3.63, 3.8) is 0 Å². The van der Waals surface area contributed by atoms with E-state index in [1.54, 1.807) is 7.11 Å². The molecule has 5 heteroatoms. The predicted octanol–water partition coefficient (Wildman–Crippen LogP) is 2.40. The van der Waals surface area contributed by atoms with Gasteiger partial charge in [0.1, 0.15) is 5.75 Å². The summed E-state index contributed by atoms with van der Waals surface area (Å²) in [6, 6.07) is 8.31. The van der Waals surface area contributed by atoms with E-state index in [4.69, 9.17) is 14.2 Å². The van der Waals surface area contributed by atoms with Gasteiger partial charge in [0, 0.05) is 31.7 Å². The Morgan fingerprint density at radius 1 is 1.21 bits per heavy atom. The molecule has 3 rings (SSSR count). The molecule has 1 aromatic carbocycles. The normalized spacial score (nSPS) is 24.8. The molecule has 2 fully saturated rings. The number of anilines is 1. The van der Waals surface area contributed by atoms with E-state index in [9.17, 15) is 0 Å². The average molecular weight is 334 g/mol. The van der Waals surface area contributed by atoms with Crippen molar-refractivity contribution < 1.29 is 14.2 Å². The highest BCUT2D eigenvalue weighted by atomic mass is 16.6. The first-order chi connectivity index (χ1) is 11.6. The first kappa shape index (κ1) is 17.5. The van der Waals surface area contributed by atoms with Crippen LogP contribution in [0.4, 0.5) is 5.69 Å². The molecule has 24 heavy (non-hydrogen) atoms. The second-order valence-corrected chi connectivity index (χ2v) is 7.27. The molecular formula is C19H30N2O3. The third-order valence-electron chi connectivity index (χ3n) is 5.01. The zero-order valence-electron chi connectivity index (χ0n) is 15.2. The Bertz CT molecular complexity index is 529. The molecule has 0 saturated carbocycles. The Labute approximate surface area is 145 Å². The van der Waals surface area contributed by atoms with Crippen LogP contribution in [0.25, 0.3) is 0 Å². The number of hydrogen-bond donors (Lipinski definition) is 0. The third kappa shape index (κ3) is 4.02. The van der Waals surface area contributed by atoms with Gasteiger partial charge in [-0.1, -0.05) is 12.1 Å². The Morgan fingerprint density at radius 3 is 2.75 bits per heavy atom. The quantitative estimate of drug-likeness (QED) is 0.826. The van der Waals surface area contributed by atoms with Gasteiger partial charge >= 0.3 is 0 Å². The molecule has 2 saturated heterocycles. The van der Waals surface area contributed by atoms with Gasteiger partial charge in [-0.2, -0.15) is 0 Å². The minimum atomic E-state index is 0.0663. The number of rotatable bonds is 5. The van der Waals surface area contributed by atoms with Crippen molar-refractivity contribution in [3.8, 4) is 5.75 Å². The highest BCUT2D eigenvalue weighted by Gasteiger charge is 2.35.